The van der Waals surface area contributed by atoms with Gasteiger partial charge < -0.3 is 15.4 Å². The Bertz CT molecular complexity index is 1170. The first-order chi connectivity index (χ1) is 14.3. The molecule has 3 aromatic rings. The molecule has 0 heterocycles. The van der Waals surface area contributed by atoms with Crippen molar-refractivity contribution < 1.29 is 22.7 Å². The van der Waals surface area contributed by atoms with Crippen LogP contribution in [0.4, 0.5) is 11.4 Å². The molecule has 0 aromatic heterocycles. The maximum absolute atomic E-state index is 12.4. The van der Waals surface area contributed by atoms with Gasteiger partial charge in [-0.2, -0.15) is 0 Å². The first-order valence-corrected chi connectivity index (χ1v) is 10.8. The number of nitrogens with one attached hydrogen (secondary N) is 2. The second-order valence-electron chi connectivity index (χ2n) is 6.48. The highest BCUT2D eigenvalue weighted by Gasteiger charge is 2.13. The maximum Gasteiger partial charge on any atom is 0.259 e. The fourth-order valence-corrected chi connectivity index (χ4v) is 3.35. The number of hydrogen-bond donors (Lipinski definition) is 2. The first-order valence-electron chi connectivity index (χ1n) is 8.94. The van der Waals surface area contributed by atoms with Crippen molar-refractivity contribution >= 4 is 33.0 Å². The summed E-state index contributed by atoms with van der Waals surface area (Å²) < 4.78 is 28.2. The summed E-state index contributed by atoms with van der Waals surface area (Å²) in [6.07, 6.45) is 1.12. The normalized spacial score (nSPS) is 10.9. The topological polar surface area (TPSA) is 102 Å². The predicted octanol–water partition coefficient (Wildman–Crippen LogP) is 3.60. The number of carbonyl (C=O) groups excluding carboxylic acids is 2. The molecule has 0 saturated heterocycles. The van der Waals surface area contributed by atoms with Gasteiger partial charge in [0.05, 0.1) is 17.6 Å². The van der Waals surface area contributed by atoms with Crippen LogP contribution in [0.25, 0.3) is 0 Å². The van der Waals surface area contributed by atoms with Gasteiger partial charge in [0.2, 0.25) is 0 Å². The van der Waals surface area contributed by atoms with Gasteiger partial charge in [0, 0.05) is 23.2 Å². The van der Waals surface area contributed by atoms with Crippen LogP contribution in [0.2, 0.25) is 0 Å². The third kappa shape index (κ3) is 5.03. The Morgan fingerprint density at radius 1 is 0.767 bits per heavy atom. The van der Waals surface area contributed by atoms with Crippen molar-refractivity contribution in [1.29, 1.82) is 0 Å². The van der Waals surface area contributed by atoms with E-state index >= 15 is 0 Å². The third-order valence-electron chi connectivity index (χ3n) is 4.30. The van der Waals surface area contributed by atoms with Gasteiger partial charge in [-0.05, 0) is 60.7 Å². The van der Waals surface area contributed by atoms with Crippen molar-refractivity contribution in [3.05, 3.63) is 83.9 Å². The van der Waals surface area contributed by atoms with E-state index in [1.165, 1.54) is 31.4 Å². The van der Waals surface area contributed by atoms with E-state index in [2.05, 4.69) is 10.6 Å². The number of methoxy groups -OCH3 is 1. The van der Waals surface area contributed by atoms with Gasteiger partial charge in [-0.15, -0.1) is 0 Å². The molecule has 0 bridgehead atoms. The molecule has 7 nitrogen and oxygen atoms in total. The molecule has 0 aliphatic rings. The van der Waals surface area contributed by atoms with E-state index in [4.69, 9.17) is 4.74 Å². The second-order valence-corrected chi connectivity index (χ2v) is 8.50. The van der Waals surface area contributed by atoms with E-state index in [0.29, 0.717) is 28.3 Å². The summed E-state index contributed by atoms with van der Waals surface area (Å²) in [5.41, 5.74) is 1.79. The second kappa shape index (κ2) is 8.79. The fraction of sp³-hybridized carbons (Fsp3) is 0.0909. The lowest BCUT2D eigenvalue weighted by Gasteiger charge is -2.10. The van der Waals surface area contributed by atoms with Crippen LogP contribution < -0.4 is 15.4 Å². The molecule has 0 radical (unpaired) electrons. The van der Waals surface area contributed by atoms with Crippen LogP contribution >= 0.6 is 0 Å². The van der Waals surface area contributed by atoms with Crippen molar-refractivity contribution in [2.75, 3.05) is 24.0 Å². The predicted molar refractivity (Wildman–Crippen MR) is 115 cm³/mol. The van der Waals surface area contributed by atoms with Crippen LogP contribution in [-0.4, -0.2) is 33.6 Å². The SMILES string of the molecule is COc1ccccc1C(=O)Nc1ccc(C(=O)Nc2ccc(S(C)(=O)=O)cc2)cc1. The molecule has 3 aromatic carbocycles. The minimum absolute atomic E-state index is 0.177. The molecular formula is C22H20N2O5S. The van der Waals surface area contributed by atoms with Gasteiger partial charge >= 0.3 is 0 Å². The number of carbonyl (C=O) groups is 2. The van der Waals surface area contributed by atoms with Gasteiger partial charge in [-0.1, -0.05) is 12.1 Å². The van der Waals surface area contributed by atoms with E-state index in [1.807, 2.05) is 0 Å². The molecule has 154 valence electrons. The van der Waals surface area contributed by atoms with Crippen LogP contribution in [0.3, 0.4) is 0 Å². The number of sulfone groups is 1. The highest BCUT2D eigenvalue weighted by atomic mass is 32.2. The number of rotatable bonds is 6. The molecule has 0 fully saturated rings. The molecule has 8 heteroatoms. The largest absolute Gasteiger partial charge is 0.496 e. The van der Waals surface area contributed by atoms with Crippen molar-refractivity contribution in [3.63, 3.8) is 0 Å². The van der Waals surface area contributed by atoms with Gasteiger partial charge in [0.25, 0.3) is 11.8 Å². The Morgan fingerprint density at radius 3 is 1.87 bits per heavy atom. The first kappa shape index (κ1) is 21.1. The molecule has 3 rings (SSSR count). The average molecular weight is 424 g/mol. The highest BCUT2D eigenvalue weighted by molar-refractivity contribution is 7.90. The molecule has 0 saturated carbocycles. The Balaban J connectivity index is 1.66. The summed E-state index contributed by atoms with van der Waals surface area (Å²) in [6.45, 7) is 0. The van der Waals surface area contributed by atoms with Crippen LogP contribution in [0, 0.1) is 0 Å². The van der Waals surface area contributed by atoms with Gasteiger partial charge in [0.1, 0.15) is 5.75 Å². The standard InChI is InChI=1S/C22H20N2O5S/c1-29-20-6-4-3-5-19(20)22(26)24-16-9-7-15(8-10-16)21(25)23-17-11-13-18(14-12-17)30(2,27)28/h3-14H,1-2H3,(H,23,25)(H,24,26). The molecule has 2 N–H and O–H groups in total. The van der Waals surface area contributed by atoms with Crippen LogP contribution in [0.1, 0.15) is 20.7 Å². The van der Waals surface area contributed by atoms with E-state index in [1.54, 1.807) is 48.5 Å². The number of para-hydroxylation sites is 1. The Morgan fingerprint density at radius 2 is 1.30 bits per heavy atom. The molecule has 2 amide bonds. The van der Waals surface area contributed by atoms with Crippen molar-refractivity contribution in [1.82, 2.24) is 0 Å². The van der Waals surface area contributed by atoms with Gasteiger partial charge in [0.15, 0.2) is 9.84 Å². The Hall–Kier alpha value is -3.65. The monoisotopic (exact) mass is 424 g/mol. The number of amides is 2. The molecule has 0 aliphatic heterocycles. The zero-order chi connectivity index (χ0) is 21.7. The summed E-state index contributed by atoms with van der Waals surface area (Å²) in [5.74, 6) is -0.215. The minimum atomic E-state index is -3.29. The molecule has 30 heavy (non-hydrogen) atoms. The van der Waals surface area contributed by atoms with Gasteiger partial charge in [-0.25, -0.2) is 8.42 Å². The molecule has 0 atom stereocenters. The summed E-state index contributed by atoms with van der Waals surface area (Å²) in [5, 5.41) is 5.46. The van der Waals surface area contributed by atoms with E-state index in [-0.39, 0.29) is 16.7 Å². The lowest BCUT2D eigenvalue weighted by Crippen LogP contribution is -2.14. The summed E-state index contributed by atoms with van der Waals surface area (Å²) in [6, 6.07) is 19.2. The van der Waals surface area contributed by atoms with E-state index < -0.39 is 9.84 Å². The van der Waals surface area contributed by atoms with Crippen molar-refractivity contribution in [2.45, 2.75) is 4.90 Å². The molecular weight excluding hydrogens is 404 g/mol. The number of benzene rings is 3. The molecule has 0 aliphatic carbocycles. The lowest BCUT2D eigenvalue weighted by atomic mass is 10.1. The summed E-state index contributed by atoms with van der Waals surface area (Å²) in [4.78, 5) is 25.0. The minimum Gasteiger partial charge on any atom is -0.496 e. The zero-order valence-corrected chi connectivity index (χ0v) is 17.2. The quantitative estimate of drug-likeness (QED) is 0.630. The third-order valence-corrected chi connectivity index (χ3v) is 5.43. The van der Waals surface area contributed by atoms with Crippen LogP contribution in [0.15, 0.2) is 77.7 Å². The molecule has 0 spiro atoms. The Labute approximate surface area is 174 Å². The number of hydrogen-bond acceptors (Lipinski definition) is 5. The highest BCUT2D eigenvalue weighted by Crippen LogP contribution is 2.20. The van der Waals surface area contributed by atoms with E-state index in [9.17, 15) is 18.0 Å². The maximum atomic E-state index is 12.4. The van der Waals surface area contributed by atoms with Gasteiger partial charge in [-0.3, -0.25) is 9.59 Å². The fourth-order valence-electron chi connectivity index (χ4n) is 2.72. The van der Waals surface area contributed by atoms with Crippen molar-refractivity contribution in [2.24, 2.45) is 0 Å². The van der Waals surface area contributed by atoms with Crippen molar-refractivity contribution in [3.8, 4) is 5.75 Å². The van der Waals surface area contributed by atoms with Crippen LogP contribution in [-0.2, 0) is 9.84 Å². The average Bonchev–Trinajstić information content (AvgIpc) is 2.74. The van der Waals surface area contributed by atoms with Crippen LogP contribution in [0.5, 0.6) is 5.75 Å². The van der Waals surface area contributed by atoms with E-state index in [0.717, 1.165) is 6.26 Å². The lowest BCUT2D eigenvalue weighted by molar-refractivity contribution is 0.101. The smallest absolute Gasteiger partial charge is 0.259 e. The number of anilines is 2. The number of ether oxygens (including phenoxy) is 1. The Kier molecular flexibility index (Phi) is 6.17. The zero-order valence-electron chi connectivity index (χ0n) is 16.4. The summed E-state index contributed by atoms with van der Waals surface area (Å²) in [7, 11) is -1.80. The summed E-state index contributed by atoms with van der Waals surface area (Å²) >= 11 is 0. The molecule has 0 unspecified atom stereocenters.